The minimum atomic E-state index is -0.401. The molecule has 0 unspecified atom stereocenters. The van der Waals surface area contributed by atoms with Crippen LogP contribution in [-0.4, -0.2) is 0 Å². The second kappa shape index (κ2) is 4.18. The van der Waals surface area contributed by atoms with E-state index in [0.717, 1.165) is 0 Å². The third-order valence-electron chi connectivity index (χ3n) is 2.12. The molecule has 2 aromatic rings. The number of benzene rings is 2. The molecule has 0 spiro atoms. The molecule has 2 rings (SSSR count). The summed E-state index contributed by atoms with van der Waals surface area (Å²) in [7, 11) is 0. The molecule has 82 valence electrons. The van der Waals surface area contributed by atoms with E-state index in [9.17, 15) is 8.78 Å². The van der Waals surface area contributed by atoms with E-state index in [1.54, 1.807) is 12.1 Å². The highest BCUT2D eigenvalue weighted by atomic mass is 19.1. The highest BCUT2D eigenvalue weighted by Crippen LogP contribution is 2.23. The Balaban J connectivity index is 2.27. The largest absolute Gasteiger partial charge is 0.397 e. The lowest BCUT2D eigenvalue weighted by Gasteiger charge is -2.09. The third-order valence-corrected chi connectivity index (χ3v) is 2.12. The van der Waals surface area contributed by atoms with Gasteiger partial charge in [-0.3, -0.25) is 0 Å². The van der Waals surface area contributed by atoms with Crippen LogP contribution in [0.1, 0.15) is 0 Å². The predicted molar refractivity (Wildman–Crippen MR) is 60.5 cm³/mol. The second-order valence-corrected chi connectivity index (χ2v) is 3.37. The van der Waals surface area contributed by atoms with Gasteiger partial charge < -0.3 is 11.1 Å². The number of hydrogen-bond donors (Lipinski definition) is 2. The normalized spacial score (nSPS) is 10.1. The van der Waals surface area contributed by atoms with Crippen molar-refractivity contribution < 1.29 is 8.78 Å². The van der Waals surface area contributed by atoms with Crippen LogP contribution in [0.5, 0.6) is 0 Å². The molecular weight excluding hydrogens is 210 g/mol. The van der Waals surface area contributed by atoms with Gasteiger partial charge in [-0.25, -0.2) is 8.78 Å². The van der Waals surface area contributed by atoms with E-state index in [-0.39, 0.29) is 11.5 Å². The molecule has 0 aliphatic rings. The topological polar surface area (TPSA) is 38.0 Å². The second-order valence-electron chi connectivity index (χ2n) is 3.37. The van der Waals surface area contributed by atoms with Crippen LogP contribution in [-0.2, 0) is 0 Å². The van der Waals surface area contributed by atoms with Crippen LogP contribution >= 0.6 is 0 Å². The zero-order chi connectivity index (χ0) is 11.5. The SMILES string of the molecule is Nc1cc(F)ccc1Nc1cccc(F)c1. The van der Waals surface area contributed by atoms with Crippen molar-refractivity contribution >= 4 is 17.1 Å². The number of nitrogen functional groups attached to an aromatic ring is 1. The lowest BCUT2D eigenvalue weighted by atomic mass is 10.2. The number of halogens is 2. The van der Waals surface area contributed by atoms with Gasteiger partial charge in [-0.2, -0.15) is 0 Å². The van der Waals surface area contributed by atoms with Gasteiger partial charge in [0.2, 0.25) is 0 Å². The zero-order valence-corrected chi connectivity index (χ0v) is 8.37. The van der Waals surface area contributed by atoms with E-state index < -0.39 is 5.82 Å². The monoisotopic (exact) mass is 220 g/mol. The fourth-order valence-corrected chi connectivity index (χ4v) is 1.37. The van der Waals surface area contributed by atoms with E-state index in [0.29, 0.717) is 11.4 Å². The summed E-state index contributed by atoms with van der Waals surface area (Å²) >= 11 is 0. The number of nitrogens with one attached hydrogen (secondary N) is 1. The van der Waals surface area contributed by atoms with E-state index in [1.807, 2.05) is 0 Å². The van der Waals surface area contributed by atoms with Crippen LogP contribution in [0, 0.1) is 11.6 Å². The van der Waals surface area contributed by atoms with Gasteiger partial charge in [0.1, 0.15) is 11.6 Å². The number of rotatable bonds is 2. The molecule has 0 fully saturated rings. The molecule has 0 amide bonds. The molecule has 16 heavy (non-hydrogen) atoms. The van der Waals surface area contributed by atoms with Gasteiger partial charge in [-0.05, 0) is 36.4 Å². The fraction of sp³-hybridized carbons (Fsp3) is 0. The Hall–Kier alpha value is -2.10. The van der Waals surface area contributed by atoms with Crippen molar-refractivity contribution in [1.82, 2.24) is 0 Å². The molecule has 2 aromatic carbocycles. The molecule has 0 aromatic heterocycles. The van der Waals surface area contributed by atoms with E-state index in [1.165, 1.54) is 30.3 Å². The lowest BCUT2D eigenvalue weighted by molar-refractivity contribution is 0.627. The minimum Gasteiger partial charge on any atom is -0.397 e. The highest BCUT2D eigenvalue weighted by molar-refractivity contribution is 5.72. The van der Waals surface area contributed by atoms with Gasteiger partial charge >= 0.3 is 0 Å². The summed E-state index contributed by atoms with van der Waals surface area (Å²) in [5.74, 6) is -0.743. The molecule has 0 radical (unpaired) electrons. The van der Waals surface area contributed by atoms with Gasteiger partial charge in [0.25, 0.3) is 0 Å². The molecule has 2 nitrogen and oxygen atoms in total. The van der Waals surface area contributed by atoms with Gasteiger partial charge in [0.15, 0.2) is 0 Å². The zero-order valence-electron chi connectivity index (χ0n) is 8.37. The molecular formula is C12H10F2N2. The highest BCUT2D eigenvalue weighted by Gasteiger charge is 2.01. The van der Waals surface area contributed by atoms with Crippen molar-refractivity contribution in [3.05, 3.63) is 54.1 Å². The molecule has 0 aliphatic heterocycles. The molecule has 0 bridgehead atoms. The lowest BCUT2D eigenvalue weighted by Crippen LogP contribution is -1.97. The van der Waals surface area contributed by atoms with Crippen molar-refractivity contribution in [2.24, 2.45) is 0 Å². The average Bonchev–Trinajstić information content (AvgIpc) is 2.22. The number of hydrogen-bond acceptors (Lipinski definition) is 2. The van der Waals surface area contributed by atoms with E-state index in [2.05, 4.69) is 5.32 Å². The number of anilines is 3. The first-order chi connectivity index (χ1) is 7.65. The van der Waals surface area contributed by atoms with Crippen LogP contribution in [0.4, 0.5) is 25.8 Å². The standard InChI is InChI=1S/C12H10F2N2/c13-8-2-1-3-10(6-8)16-12-5-4-9(14)7-11(12)15/h1-7,16H,15H2. The van der Waals surface area contributed by atoms with Gasteiger partial charge in [0.05, 0.1) is 11.4 Å². The molecule has 0 heterocycles. The van der Waals surface area contributed by atoms with Crippen LogP contribution in [0.3, 0.4) is 0 Å². The summed E-state index contributed by atoms with van der Waals surface area (Å²) < 4.78 is 25.7. The summed E-state index contributed by atoms with van der Waals surface area (Å²) in [5.41, 5.74) is 7.01. The molecule has 0 aliphatic carbocycles. The Morgan fingerprint density at radius 3 is 2.38 bits per heavy atom. The first-order valence-corrected chi connectivity index (χ1v) is 4.73. The maximum Gasteiger partial charge on any atom is 0.125 e. The van der Waals surface area contributed by atoms with Crippen molar-refractivity contribution in [3.63, 3.8) is 0 Å². The third kappa shape index (κ3) is 2.28. The fourth-order valence-electron chi connectivity index (χ4n) is 1.37. The molecule has 0 saturated heterocycles. The van der Waals surface area contributed by atoms with Crippen molar-refractivity contribution in [1.29, 1.82) is 0 Å². The first kappa shape index (κ1) is 10.4. The molecule has 0 saturated carbocycles. The van der Waals surface area contributed by atoms with Crippen molar-refractivity contribution in [2.75, 3.05) is 11.1 Å². The summed E-state index contributed by atoms with van der Waals surface area (Å²) in [6.07, 6.45) is 0. The van der Waals surface area contributed by atoms with Crippen LogP contribution in [0.2, 0.25) is 0 Å². The minimum absolute atomic E-state index is 0.282. The summed E-state index contributed by atoms with van der Waals surface area (Å²) in [6.45, 7) is 0. The Morgan fingerprint density at radius 2 is 1.69 bits per heavy atom. The van der Waals surface area contributed by atoms with Crippen molar-refractivity contribution in [2.45, 2.75) is 0 Å². The Bertz CT molecular complexity index is 512. The summed E-state index contributed by atoms with van der Waals surface area (Å²) in [4.78, 5) is 0. The van der Waals surface area contributed by atoms with E-state index >= 15 is 0 Å². The van der Waals surface area contributed by atoms with Gasteiger partial charge in [-0.15, -0.1) is 0 Å². The van der Waals surface area contributed by atoms with E-state index in [4.69, 9.17) is 5.73 Å². The van der Waals surface area contributed by atoms with Crippen LogP contribution < -0.4 is 11.1 Å². The smallest absolute Gasteiger partial charge is 0.125 e. The summed E-state index contributed by atoms with van der Waals surface area (Å²) in [6, 6.07) is 9.97. The van der Waals surface area contributed by atoms with Crippen LogP contribution in [0.25, 0.3) is 0 Å². The quantitative estimate of drug-likeness (QED) is 0.762. The van der Waals surface area contributed by atoms with Gasteiger partial charge in [0, 0.05) is 5.69 Å². The number of nitrogens with two attached hydrogens (primary N) is 1. The molecule has 4 heteroatoms. The maximum atomic E-state index is 12.9. The Labute approximate surface area is 91.7 Å². The summed E-state index contributed by atoms with van der Waals surface area (Å²) in [5, 5.41) is 2.91. The Kier molecular flexibility index (Phi) is 2.72. The predicted octanol–water partition coefficient (Wildman–Crippen LogP) is 3.29. The first-order valence-electron chi connectivity index (χ1n) is 4.73. The van der Waals surface area contributed by atoms with Gasteiger partial charge in [-0.1, -0.05) is 6.07 Å². The average molecular weight is 220 g/mol. The maximum absolute atomic E-state index is 12.9. The van der Waals surface area contributed by atoms with Crippen molar-refractivity contribution in [3.8, 4) is 0 Å². The molecule has 0 atom stereocenters. The Morgan fingerprint density at radius 1 is 0.938 bits per heavy atom. The molecule has 3 N–H and O–H groups in total. The van der Waals surface area contributed by atoms with Crippen LogP contribution in [0.15, 0.2) is 42.5 Å².